The van der Waals surface area contributed by atoms with E-state index in [1.807, 2.05) is 0 Å². The molecular weight excluding hydrogens is 107 g/mol. The van der Waals surface area contributed by atoms with Crippen molar-refractivity contribution in [2.24, 2.45) is 11.8 Å². The average molecular weight is 126 g/mol. The Morgan fingerprint density at radius 3 is 1.22 bits per heavy atom. The van der Waals surface area contributed by atoms with E-state index in [2.05, 4.69) is 42.5 Å². The second-order valence-corrected chi connectivity index (χ2v) is 4.13. The third kappa shape index (κ3) is 2.04. The summed E-state index contributed by atoms with van der Waals surface area (Å²) in [5.74, 6) is 1.58. The molecular formula is C8H19B. The van der Waals surface area contributed by atoms with Crippen LogP contribution in [0.2, 0.25) is 5.31 Å². The summed E-state index contributed by atoms with van der Waals surface area (Å²) in [7, 11) is 2.34. The first-order chi connectivity index (χ1) is 3.89. The number of rotatable bonds is 2. The highest BCUT2D eigenvalue weighted by Crippen LogP contribution is 2.38. The van der Waals surface area contributed by atoms with Crippen molar-refractivity contribution in [1.82, 2.24) is 0 Å². The Hall–Kier alpha value is 0.0649. The normalized spacial score (nSPS) is 13.2. The van der Waals surface area contributed by atoms with Gasteiger partial charge in [0, 0.05) is 0 Å². The fourth-order valence-electron chi connectivity index (χ4n) is 0.667. The fourth-order valence-corrected chi connectivity index (χ4v) is 0.667. The first kappa shape index (κ1) is 9.06. The van der Waals surface area contributed by atoms with E-state index in [9.17, 15) is 0 Å². The fraction of sp³-hybridized carbons (Fsp3) is 1.00. The van der Waals surface area contributed by atoms with E-state index in [1.165, 1.54) is 0 Å². The van der Waals surface area contributed by atoms with Crippen molar-refractivity contribution < 1.29 is 0 Å². The largest absolute Gasteiger partial charge is 0.109 e. The minimum atomic E-state index is 0.500. The summed E-state index contributed by atoms with van der Waals surface area (Å²) in [6.07, 6.45) is 0. The second-order valence-electron chi connectivity index (χ2n) is 4.13. The second kappa shape index (κ2) is 2.77. The number of hydrogen-bond acceptors (Lipinski definition) is 0. The predicted molar refractivity (Wildman–Crippen MR) is 46.6 cm³/mol. The molecule has 1 heteroatoms. The zero-order valence-electron chi connectivity index (χ0n) is 7.65. The van der Waals surface area contributed by atoms with Crippen LogP contribution in [0.5, 0.6) is 0 Å². The van der Waals surface area contributed by atoms with Crippen molar-refractivity contribution in [3.63, 3.8) is 0 Å². The lowest BCUT2D eigenvalue weighted by Crippen LogP contribution is -2.21. The molecule has 0 spiro atoms. The van der Waals surface area contributed by atoms with E-state index < -0.39 is 0 Å². The maximum atomic E-state index is 2.34. The molecule has 0 N–H and O–H groups in total. The summed E-state index contributed by atoms with van der Waals surface area (Å²) in [6, 6.07) is 0. The smallest absolute Gasteiger partial charge is 0.0665 e. The first-order valence-corrected chi connectivity index (χ1v) is 3.89. The third-order valence-electron chi connectivity index (χ3n) is 2.98. The Kier molecular flexibility index (Phi) is 2.79. The summed E-state index contributed by atoms with van der Waals surface area (Å²) >= 11 is 0. The van der Waals surface area contributed by atoms with E-state index in [4.69, 9.17) is 0 Å². The first-order valence-electron chi connectivity index (χ1n) is 3.89. The Morgan fingerprint density at radius 2 is 1.22 bits per heavy atom. The van der Waals surface area contributed by atoms with Gasteiger partial charge in [-0.25, -0.2) is 0 Å². The quantitative estimate of drug-likeness (QED) is 0.497. The highest BCUT2D eigenvalue weighted by molar-refractivity contribution is 6.15. The summed E-state index contributed by atoms with van der Waals surface area (Å²) in [5.41, 5.74) is 0. The maximum absolute atomic E-state index is 2.34. The van der Waals surface area contributed by atoms with Crippen LogP contribution in [0.1, 0.15) is 34.6 Å². The van der Waals surface area contributed by atoms with Crippen LogP contribution in [-0.4, -0.2) is 7.85 Å². The Labute approximate surface area is 60.4 Å². The molecule has 0 fully saturated rings. The molecule has 0 aliphatic rings. The Morgan fingerprint density at radius 1 is 1.00 bits per heavy atom. The van der Waals surface area contributed by atoms with Crippen LogP contribution in [0.3, 0.4) is 0 Å². The molecule has 9 heavy (non-hydrogen) atoms. The standard InChI is InChI=1S/C8H19B/c1-6(2)8(5,9)7(3)4/h6-7H,9H2,1-5H3. The maximum Gasteiger partial charge on any atom is 0.109 e. The summed E-state index contributed by atoms with van der Waals surface area (Å²) < 4.78 is 0. The molecule has 0 bridgehead atoms. The molecule has 0 atom stereocenters. The molecule has 0 aromatic heterocycles. The molecule has 54 valence electrons. The van der Waals surface area contributed by atoms with Gasteiger partial charge < -0.3 is 0 Å². The molecule has 0 nitrogen and oxygen atoms in total. The van der Waals surface area contributed by atoms with Gasteiger partial charge in [-0.15, -0.1) is 0 Å². The van der Waals surface area contributed by atoms with Crippen molar-refractivity contribution in [2.75, 3.05) is 0 Å². The van der Waals surface area contributed by atoms with Gasteiger partial charge in [0.05, 0.1) is 0 Å². The van der Waals surface area contributed by atoms with Crippen LogP contribution < -0.4 is 0 Å². The molecule has 0 heterocycles. The van der Waals surface area contributed by atoms with Crippen molar-refractivity contribution in [3.8, 4) is 0 Å². The molecule has 0 rings (SSSR count). The summed E-state index contributed by atoms with van der Waals surface area (Å²) in [5, 5.41) is 0.500. The summed E-state index contributed by atoms with van der Waals surface area (Å²) in [4.78, 5) is 0. The van der Waals surface area contributed by atoms with Gasteiger partial charge in [-0.3, -0.25) is 0 Å². The van der Waals surface area contributed by atoms with Crippen LogP contribution in [0.25, 0.3) is 0 Å². The summed E-state index contributed by atoms with van der Waals surface area (Å²) in [6.45, 7) is 11.5. The van der Waals surface area contributed by atoms with Gasteiger partial charge in [0.25, 0.3) is 0 Å². The molecule has 0 aliphatic carbocycles. The van der Waals surface area contributed by atoms with Crippen LogP contribution in [0.4, 0.5) is 0 Å². The van der Waals surface area contributed by atoms with Crippen molar-refractivity contribution in [2.45, 2.75) is 39.9 Å². The van der Waals surface area contributed by atoms with Crippen molar-refractivity contribution in [1.29, 1.82) is 0 Å². The average Bonchev–Trinajstić information content (AvgIpc) is 1.65. The lowest BCUT2D eigenvalue weighted by atomic mass is 9.57. The van der Waals surface area contributed by atoms with Gasteiger partial charge >= 0.3 is 0 Å². The number of hydrogen-bond donors (Lipinski definition) is 0. The van der Waals surface area contributed by atoms with Crippen LogP contribution in [0.15, 0.2) is 0 Å². The lowest BCUT2D eigenvalue weighted by molar-refractivity contribution is 0.339. The van der Waals surface area contributed by atoms with E-state index in [-0.39, 0.29) is 0 Å². The van der Waals surface area contributed by atoms with Crippen molar-refractivity contribution >= 4 is 7.85 Å². The molecule has 0 aromatic carbocycles. The van der Waals surface area contributed by atoms with Crippen LogP contribution in [-0.2, 0) is 0 Å². The monoisotopic (exact) mass is 126 g/mol. The van der Waals surface area contributed by atoms with Crippen LogP contribution in [0, 0.1) is 11.8 Å². The zero-order chi connectivity index (χ0) is 7.65. The Balaban J connectivity index is 4.01. The lowest BCUT2D eigenvalue weighted by Gasteiger charge is -2.33. The molecule has 0 amide bonds. The molecule has 0 saturated heterocycles. The third-order valence-corrected chi connectivity index (χ3v) is 2.98. The van der Waals surface area contributed by atoms with E-state index in [1.54, 1.807) is 0 Å². The van der Waals surface area contributed by atoms with Gasteiger partial charge in [-0.05, 0) is 11.8 Å². The van der Waals surface area contributed by atoms with E-state index in [0.717, 1.165) is 11.8 Å². The van der Waals surface area contributed by atoms with E-state index in [0.29, 0.717) is 5.31 Å². The topological polar surface area (TPSA) is 0 Å². The molecule has 0 saturated carbocycles. The van der Waals surface area contributed by atoms with Crippen molar-refractivity contribution in [3.05, 3.63) is 0 Å². The van der Waals surface area contributed by atoms with Gasteiger partial charge in [-0.2, -0.15) is 0 Å². The molecule has 0 unspecified atom stereocenters. The molecule has 0 aliphatic heterocycles. The van der Waals surface area contributed by atoms with E-state index >= 15 is 0 Å². The van der Waals surface area contributed by atoms with Crippen LogP contribution >= 0.6 is 0 Å². The molecule has 0 aromatic rings. The van der Waals surface area contributed by atoms with Gasteiger partial charge in [0.1, 0.15) is 7.85 Å². The minimum Gasteiger partial charge on any atom is -0.0665 e. The minimum absolute atomic E-state index is 0.500. The van der Waals surface area contributed by atoms with Gasteiger partial charge in [0.15, 0.2) is 0 Å². The highest BCUT2D eigenvalue weighted by atomic mass is 14.2. The highest BCUT2D eigenvalue weighted by Gasteiger charge is 2.25. The zero-order valence-corrected chi connectivity index (χ0v) is 7.65. The SMILES string of the molecule is BC(C)(C(C)C)C(C)C. The molecule has 0 radical (unpaired) electrons. The predicted octanol–water partition coefficient (Wildman–Crippen LogP) is 2.11. The Bertz CT molecular complexity index is 72.6. The van der Waals surface area contributed by atoms with Gasteiger partial charge in [-0.1, -0.05) is 39.9 Å². The van der Waals surface area contributed by atoms with Gasteiger partial charge in [0.2, 0.25) is 0 Å².